The molecule has 5 heteroatoms. The lowest BCUT2D eigenvalue weighted by Crippen LogP contribution is -2.09. The van der Waals surface area contributed by atoms with Crippen LogP contribution in [0.4, 0.5) is 0 Å². The Morgan fingerprint density at radius 2 is 1.86 bits per heavy atom. The molecule has 0 aliphatic carbocycles. The molecule has 0 amide bonds. The van der Waals surface area contributed by atoms with Crippen molar-refractivity contribution in [3.8, 4) is 11.5 Å². The van der Waals surface area contributed by atoms with E-state index in [9.17, 15) is 4.79 Å². The fraction of sp³-hybridized carbons (Fsp3) is 0.125. The Bertz CT molecular complexity index is 662. The summed E-state index contributed by atoms with van der Waals surface area (Å²) in [6.07, 6.45) is 1.26. The molecule has 2 aromatic carbocycles. The first-order valence-electron chi connectivity index (χ1n) is 6.28. The van der Waals surface area contributed by atoms with Crippen molar-refractivity contribution in [1.29, 1.82) is 0 Å². The van der Waals surface area contributed by atoms with Crippen LogP contribution in [-0.4, -0.2) is 24.5 Å². The summed E-state index contributed by atoms with van der Waals surface area (Å²) >= 11 is 0. The van der Waals surface area contributed by atoms with E-state index in [1.165, 1.54) is 13.3 Å². The van der Waals surface area contributed by atoms with Gasteiger partial charge < -0.3 is 14.7 Å². The van der Waals surface area contributed by atoms with Crippen LogP contribution in [0.25, 0.3) is 0 Å². The predicted octanol–water partition coefficient (Wildman–Crippen LogP) is 3.03. The van der Waals surface area contributed by atoms with E-state index in [4.69, 9.17) is 14.7 Å². The molecule has 0 aliphatic rings. The van der Waals surface area contributed by atoms with Crippen molar-refractivity contribution in [2.45, 2.75) is 6.92 Å². The number of esters is 1. The molecule has 0 unspecified atom stereocenters. The zero-order chi connectivity index (χ0) is 15.2. The second-order valence-electron chi connectivity index (χ2n) is 4.41. The Labute approximate surface area is 122 Å². The average Bonchev–Trinajstić information content (AvgIpc) is 2.49. The third-order valence-corrected chi connectivity index (χ3v) is 2.88. The van der Waals surface area contributed by atoms with Crippen LogP contribution in [0.15, 0.2) is 47.6 Å². The summed E-state index contributed by atoms with van der Waals surface area (Å²) in [5, 5.41) is 11.5. The molecular weight excluding hydrogens is 270 g/mol. The van der Waals surface area contributed by atoms with Crippen molar-refractivity contribution in [3.05, 3.63) is 59.2 Å². The van der Waals surface area contributed by atoms with E-state index in [-0.39, 0.29) is 0 Å². The van der Waals surface area contributed by atoms with Crippen LogP contribution < -0.4 is 9.47 Å². The predicted molar refractivity (Wildman–Crippen MR) is 78.5 cm³/mol. The van der Waals surface area contributed by atoms with Gasteiger partial charge >= 0.3 is 5.97 Å². The van der Waals surface area contributed by atoms with Crippen LogP contribution in [0.3, 0.4) is 0 Å². The average molecular weight is 285 g/mol. The normalized spacial score (nSPS) is 10.6. The first kappa shape index (κ1) is 14.6. The smallest absolute Gasteiger partial charge is 0.343 e. The van der Waals surface area contributed by atoms with Crippen LogP contribution in [-0.2, 0) is 0 Å². The van der Waals surface area contributed by atoms with Crippen molar-refractivity contribution in [1.82, 2.24) is 0 Å². The largest absolute Gasteiger partial charge is 0.493 e. The summed E-state index contributed by atoms with van der Waals surface area (Å²) in [5.41, 5.74) is 2.16. The van der Waals surface area contributed by atoms with Crippen LogP contribution in [0, 0.1) is 6.92 Å². The molecule has 5 nitrogen and oxygen atoms in total. The van der Waals surface area contributed by atoms with E-state index >= 15 is 0 Å². The number of hydrogen-bond acceptors (Lipinski definition) is 5. The summed E-state index contributed by atoms with van der Waals surface area (Å²) in [6.45, 7) is 1.94. The molecule has 0 saturated heterocycles. The molecule has 21 heavy (non-hydrogen) atoms. The molecule has 108 valence electrons. The maximum Gasteiger partial charge on any atom is 0.343 e. The van der Waals surface area contributed by atoms with Gasteiger partial charge in [0.05, 0.1) is 18.9 Å². The molecule has 0 radical (unpaired) electrons. The summed E-state index contributed by atoms with van der Waals surface area (Å²) in [6, 6.07) is 11.9. The number of carbonyl (C=O) groups is 1. The van der Waals surface area contributed by atoms with E-state index in [2.05, 4.69) is 5.16 Å². The van der Waals surface area contributed by atoms with Gasteiger partial charge in [-0.25, -0.2) is 4.79 Å². The van der Waals surface area contributed by atoms with E-state index in [0.717, 1.165) is 5.56 Å². The van der Waals surface area contributed by atoms with Crippen LogP contribution in [0.2, 0.25) is 0 Å². The van der Waals surface area contributed by atoms with Crippen molar-refractivity contribution in [2.24, 2.45) is 5.16 Å². The maximum atomic E-state index is 12.1. The third kappa shape index (κ3) is 3.60. The van der Waals surface area contributed by atoms with Gasteiger partial charge in [0.1, 0.15) is 0 Å². The summed E-state index contributed by atoms with van der Waals surface area (Å²) < 4.78 is 10.5. The third-order valence-electron chi connectivity index (χ3n) is 2.88. The monoisotopic (exact) mass is 285 g/mol. The van der Waals surface area contributed by atoms with Gasteiger partial charge in [0.25, 0.3) is 0 Å². The zero-order valence-corrected chi connectivity index (χ0v) is 11.7. The van der Waals surface area contributed by atoms with E-state index in [1.54, 1.807) is 30.3 Å². The fourth-order valence-corrected chi connectivity index (χ4v) is 1.76. The highest BCUT2D eigenvalue weighted by atomic mass is 16.6. The lowest BCUT2D eigenvalue weighted by molar-refractivity contribution is 0.0729. The Kier molecular flexibility index (Phi) is 4.56. The minimum Gasteiger partial charge on any atom is -0.493 e. The number of rotatable bonds is 4. The Morgan fingerprint density at radius 3 is 2.48 bits per heavy atom. The van der Waals surface area contributed by atoms with Gasteiger partial charge in [0.2, 0.25) is 0 Å². The molecule has 0 heterocycles. The lowest BCUT2D eigenvalue weighted by atomic mass is 10.1. The van der Waals surface area contributed by atoms with Crippen molar-refractivity contribution < 1.29 is 19.5 Å². The van der Waals surface area contributed by atoms with Crippen LogP contribution in [0.5, 0.6) is 11.5 Å². The van der Waals surface area contributed by atoms with Gasteiger partial charge in [-0.15, -0.1) is 0 Å². The molecule has 0 aliphatic heterocycles. The Morgan fingerprint density at radius 1 is 1.14 bits per heavy atom. The summed E-state index contributed by atoms with van der Waals surface area (Å²) in [5.74, 6) is 0.225. The van der Waals surface area contributed by atoms with Crippen molar-refractivity contribution >= 4 is 12.2 Å². The second kappa shape index (κ2) is 6.56. The van der Waals surface area contributed by atoms with E-state index in [1.807, 2.05) is 19.1 Å². The Hall–Kier alpha value is -2.82. The highest BCUT2D eigenvalue weighted by Gasteiger charge is 2.12. The number of hydrogen-bond donors (Lipinski definition) is 1. The van der Waals surface area contributed by atoms with Crippen LogP contribution >= 0.6 is 0 Å². The maximum absolute atomic E-state index is 12.1. The minimum absolute atomic E-state index is 0.304. The topological polar surface area (TPSA) is 68.1 Å². The fourth-order valence-electron chi connectivity index (χ4n) is 1.76. The lowest BCUT2D eigenvalue weighted by Gasteiger charge is -2.10. The molecule has 0 aromatic heterocycles. The summed E-state index contributed by atoms with van der Waals surface area (Å²) in [7, 11) is 1.47. The molecule has 0 bridgehead atoms. The number of oxime groups is 1. The molecule has 0 spiro atoms. The van der Waals surface area contributed by atoms with E-state index in [0.29, 0.717) is 22.6 Å². The highest BCUT2D eigenvalue weighted by molar-refractivity contribution is 5.91. The van der Waals surface area contributed by atoms with Gasteiger partial charge in [-0.1, -0.05) is 22.9 Å². The molecule has 2 aromatic rings. The zero-order valence-electron chi connectivity index (χ0n) is 11.7. The number of methoxy groups -OCH3 is 1. The quantitative estimate of drug-likeness (QED) is 0.308. The molecule has 2 rings (SSSR count). The molecule has 0 fully saturated rings. The molecule has 0 saturated carbocycles. The highest BCUT2D eigenvalue weighted by Crippen LogP contribution is 2.28. The molecule has 0 atom stereocenters. The number of benzene rings is 2. The van der Waals surface area contributed by atoms with Crippen molar-refractivity contribution in [2.75, 3.05) is 7.11 Å². The van der Waals surface area contributed by atoms with Gasteiger partial charge in [-0.2, -0.15) is 0 Å². The SMILES string of the molecule is COc1cc(C=NO)ccc1OC(=O)c1ccc(C)cc1. The molecular formula is C16H15NO4. The Balaban J connectivity index is 2.22. The molecule has 1 N–H and O–H groups in total. The first-order chi connectivity index (χ1) is 10.1. The second-order valence-corrected chi connectivity index (χ2v) is 4.41. The number of ether oxygens (including phenoxy) is 2. The van der Waals surface area contributed by atoms with Gasteiger partial charge in [-0.3, -0.25) is 0 Å². The standard InChI is InChI=1S/C16H15NO4/c1-11-3-6-13(7-4-11)16(18)21-14-8-5-12(10-17-19)9-15(14)20-2/h3-10,19H,1-2H3. The minimum atomic E-state index is -0.461. The van der Waals surface area contributed by atoms with Crippen molar-refractivity contribution in [3.63, 3.8) is 0 Å². The number of nitrogens with zero attached hydrogens (tertiary/aromatic N) is 1. The number of aryl methyl sites for hydroxylation is 1. The summed E-state index contributed by atoms with van der Waals surface area (Å²) in [4.78, 5) is 12.1. The van der Waals surface area contributed by atoms with Gasteiger partial charge in [-0.05, 0) is 37.3 Å². The van der Waals surface area contributed by atoms with Crippen LogP contribution in [0.1, 0.15) is 21.5 Å². The van der Waals surface area contributed by atoms with Gasteiger partial charge in [0, 0.05) is 5.56 Å². The van der Waals surface area contributed by atoms with E-state index < -0.39 is 5.97 Å². The first-order valence-corrected chi connectivity index (χ1v) is 6.28. The number of carbonyl (C=O) groups excluding carboxylic acids is 1. The van der Waals surface area contributed by atoms with Gasteiger partial charge in [0.15, 0.2) is 11.5 Å².